The molecule has 0 fully saturated rings. The van der Waals surface area contributed by atoms with Crippen molar-refractivity contribution in [3.8, 4) is 0 Å². The number of carbonyl (C=O) groups is 2. The average molecular weight is 410 g/mol. The van der Waals surface area contributed by atoms with Gasteiger partial charge >= 0.3 is 0 Å². The fourth-order valence-electron chi connectivity index (χ4n) is 2.64. The number of hydrazone groups is 1. The Balaban J connectivity index is 1.59. The maximum Gasteiger partial charge on any atom is 0.271 e. The van der Waals surface area contributed by atoms with Gasteiger partial charge in [-0.2, -0.15) is 10.2 Å². The SMILES string of the molecule is CC(=O)Nc1ccc(/C(C)=N/NC(=O)c2ccc(Cn3cc(Cl)cn3)cc2)cc1. The van der Waals surface area contributed by atoms with Gasteiger partial charge in [0.2, 0.25) is 5.91 Å². The van der Waals surface area contributed by atoms with Crippen LogP contribution in [0.1, 0.15) is 35.3 Å². The first-order chi connectivity index (χ1) is 13.9. The van der Waals surface area contributed by atoms with Crippen molar-refractivity contribution in [2.45, 2.75) is 20.4 Å². The van der Waals surface area contributed by atoms with Gasteiger partial charge in [-0.25, -0.2) is 5.43 Å². The zero-order valence-electron chi connectivity index (χ0n) is 16.0. The van der Waals surface area contributed by atoms with Crippen molar-refractivity contribution in [1.82, 2.24) is 15.2 Å². The van der Waals surface area contributed by atoms with Gasteiger partial charge in [-0.05, 0) is 42.3 Å². The van der Waals surface area contributed by atoms with Crippen LogP contribution in [0.5, 0.6) is 0 Å². The predicted molar refractivity (Wildman–Crippen MR) is 113 cm³/mol. The van der Waals surface area contributed by atoms with E-state index in [-0.39, 0.29) is 11.8 Å². The molecule has 0 aliphatic carbocycles. The Hall–Kier alpha value is -3.45. The van der Waals surface area contributed by atoms with Crippen LogP contribution in [-0.2, 0) is 11.3 Å². The van der Waals surface area contributed by atoms with Crippen molar-refractivity contribution in [3.05, 3.63) is 82.6 Å². The lowest BCUT2D eigenvalue weighted by atomic mass is 10.1. The molecule has 0 radical (unpaired) electrons. The monoisotopic (exact) mass is 409 g/mol. The lowest BCUT2D eigenvalue weighted by molar-refractivity contribution is -0.114. The highest BCUT2D eigenvalue weighted by molar-refractivity contribution is 6.30. The second-order valence-corrected chi connectivity index (χ2v) is 6.89. The van der Waals surface area contributed by atoms with Crippen LogP contribution in [-0.4, -0.2) is 27.3 Å². The number of aromatic nitrogens is 2. The molecular weight excluding hydrogens is 390 g/mol. The van der Waals surface area contributed by atoms with Crippen molar-refractivity contribution in [3.63, 3.8) is 0 Å². The molecule has 7 nitrogen and oxygen atoms in total. The fourth-order valence-corrected chi connectivity index (χ4v) is 2.79. The Morgan fingerprint density at radius 3 is 2.28 bits per heavy atom. The van der Waals surface area contributed by atoms with E-state index in [0.29, 0.717) is 28.5 Å². The highest BCUT2D eigenvalue weighted by Gasteiger charge is 2.06. The number of hydrogen-bond donors (Lipinski definition) is 2. The molecule has 0 aliphatic heterocycles. The van der Waals surface area contributed by atoms with E-state index in [1.165, 1.54) is 6.92 Å². The molecule has 0 saturated carbocycles. The summed E-state index contributed by atoms with van der Waals surface area (Å²) < 4.78 is 1.72. The molecule has 8 heteroatoms. The largest absolute Gasteiger partial charge is 0.326 e. The van der Waals surface area contributed by atoms with Gasteiger partial charge in [0.25, 0.3) is 5.91 Å². The van der Waals surface area contributed by atoms with Crippen LogP contribution in [0.4, 0.5) is 5.69 Å². The molecule has 2 aromatic carbocycles. The van der Waals surface area contributed by atoms with Gasteiger partial charge in [-0.15, -0.1) is 0 Å². The molecule has 148 valence electrons. The fraction of sp³-hybridized carbons (Fsp3) is 0.143. The predicted octanol–water partition coefficient (Wildman–Crippen LogP) is 3.70. The average Bonchev–Trinajstić information content (AvgIpc) is 3.11. The van der Waals surface area contributed by atoms with Crippen molar-refractivity contribution in [1.29, 1.82) is 0 Å². The van der Waals surface area contributed by atoms with Crippen LogP contribution in [0.3, 0.4) is 0 Å². The maximum atomic E-state index is 12.3. The third-order valence-electron chi connectivity index (χ3n) is 4.11. The molecule has 29 heavy (non-hydrogen) atoms. The van der Waals surface area contributed by atoms with Crippen LogP contribution in [0, 0.1) is 0 Å². The molecule has 0 spiro atoms. The van der Waals surface area contributed by atoms with Gasteiger partial charge in [0.15, 0.2) is 0 Å². The number of benzene rings is 2. The van der Waals surface area contributed by atoms with Gasteiger partial charge in [-0.1, -0.05) is 35.9 Å². The molecule has 2 N–H and O–H groups in total. The Morgan fingerprint density at radius 1 is 1.03 bits per heavy atom. The van der Waals surface area contributed by atoms with Crippen LogP contribution >= 0.6 is 11.6 Å². The van der Waals surface area contributed by atoms with Gasteiger partial charge in [0.1, 0.15) is 0 Å². The highest BCUT2D eigenvalue weighted by Crippen LogP contribution is 2.11. The number of carbonyl (C=O) groups excluding carboxylic acids is 2. The lowest BCUT2D eigenvalue weighted by Crippen LogP contribution is -2.19. The van der Waals surface area contributed by atoms with Crippen molar-refractivity contribution in [2.75, 3.05) is 5.32 Å². The number of anilines is 1. The van der Waals surface area contributed by atoms with Crippen LogP contribution in [0.15, 0.2) is 66.0 Å². The summed E-state index contributed by atoms with van der Waals surface area (Å²) in [6.45, 7) is 3.82. The second kappa shape index (κ2) is 9.16. The van der Waals surface area contributed by atoms with Gasteiger partial charge in [0.05, 0.1) is 23.5 Å². The summed E-state index contributed by atoms with van der Waals surface area (Å²) >= 11 is 5.86. The van der Waals surface area contributed by atoms with Gasteiger partial charge in [0, 0.05) is 24.4 Å². The second-order valence-electron chi connectivity index (χ2n) is 6.45. The Bertz CT molecular complexity index is 1040. The number of amides is 2. The Morgan fingerprint density at radius 2 is 1.69 bits per heavy atom. The summed E-state index contributed by atoms with van der Waals surface area (Å²) in [6, 6.07) is 14.4. The smallest absolute Gasteiger partial charge is 0.271 e. The van der Waals surface area contributed by atoms with Gasteiger partial charge in [-0.3, -0.25) is 14.3 Å². The van der Waals surface area contributed by atoms with Crippen LogP contribution in [0.25, 0.3) is 0 Å². The van der Waals surface area contributed by atoms with E-state index in [1.807, 2.05) is 24.3 Å². The minimum absolute atomic E-state index is 0.130. The Labute approximate surface area is 173 Å². The molecule has 0 bridgehead atoms. The third kappa shape index (κ3) is 5.76. The van der Waals surface area contributed by atoms with Gasteiger partial charge < -0.3 is 5.32 Å². The number of halogens is 1. The zero-order valence-corrected chi connectivity index (χ0v) is 16.8. The van der Waals surface area contributed by atoms with E-state index in [9.17, 15) is 9.59 Å². The quantitative estimate of drug-likeness (QED) is 0.480. The summed E-state index contributed by atoms with van der Waals surface area (Å²) in [5.74, 6) is -0.428. The zero-order chi connectivity index (χ0) is 20.8. The van der Waals surface area contributed by atoms with Crippen LogP contribution in [0.2, 0.25) is 5.02 Å². The summed E-state index contributed by atoms with van der Waals surface area (Å²) in [5.41, 5.74) is 6.26. The minimum Gasteiger partial charge on any atom is -0.326 e. The summed E-state index contributed by atoms with van der Waals surface area (Å²) in [6.07, 6.45) is 3.32. The van der Waals surface area contributed by atoms with E-state index in [0.717, 1.165) is 11.1 Å². The Kier molecular flexibility index (Phi) is 6.41. The molecule has 0 saturated heterocycles. The summed E-state index contributed by atoms with van der Waals surface area (Å²) in [5, 5.41) is 11.6. The molecule has 0 atom stereocenters. The maximum absolute atomic E-state index is 12.3. The molecule has 0 unspecified atom stereocenters. The topological polar surface area (TPSA) is 88.4 Å². The molecule has 1 aromatic heterocycles. The van der Waals surface area contributed by atoms with Crippen molar-refractivity contribution >= 4 is 34.8 Å². The lowest BCUT2D eigenvalue weighted by Gasteiger charge is -2.06. The summed E-state index contributed by atoms with van der Waals surface area (Å²) in [7, 11) is 0. The van der Waals surface area contributed by atoms with E-state index in [2.05, 4.69) is 20.9 Å². The highest BCUT2D eigenvalue weighted by atomic mass is 35.5. The molecule has 1 heterocycles. The number of rotatable bonds is 6. The summed E-state index contributed by atoms with van der Waals surface area (Å²) in [4.78, 5) is 23.4. The van der Waals surface area contributed by atoms with E-state index < -0.39 is 0 Å². The number of nitrogens with one attached hydrogen (secondary N) is 2. The van der Waals surface area contributed by atoms with Crippen LogP contribution < -0.4 is 10.7 Å². The van der Waals surface area contributed by atoms with Crippen molar-refractivity contribution in [2.24, 2.45) is 5.10 Å². The van der Waals surface area contributed by atoms with Crippen molar-refractivity contribution < 1.29 is 9.59 Å². The first-order valence-electron chi connectivity index (χ1n) is 8.90. The molecule has 3 rings (SSSR count). The normalized spacial score (nSPS) is 11.2. The standard InChI is InChI=1S/C21H20ClN5O2/c1-14(17-7-9-20(10-8-17)24-15(2)28)25-26-21(29)18-5-3-16(4-6-18)12-27-13-19(22)11-23-27/h3-11,13H,12H2,1-2H3,(H,24,28)(H,26,29)/b25-14+. The first kappa shape index (κ1) is 20.3. The van der Waals surface area contributed by atoms with E-state index >= 15 is 0 Å². The number of hydrogen-bond acceptors (Lipinski definition) is 4. The van der Waals surface area contributed by atoms with E-state index in [1.54, 1.807) is 48.3 Å². The molecule has 3 aromatic rings. The third-order valence-corrected chi connectivity index (χ3v) is 4.31. The first-order valence-corrected chi connectivity index (χ1v) is 9.28. The minimum atomic E-state index is -0.298. The van der Waals surface area contributed by atoms with E-state index in [4.69, 9.17) is 11.6 Å². The molecule has 0 aliphatic rings. The molecule has 2 amide bonds. The molecular formula is C21H20ClN5O2. The number of nitrogens with zero attached hydrogens (tertiary/aromatic N) is 3.